The van der Waals surface area contributed by atoms with Gasteiger partial charge in [-0.1, -0.05) is 30.3 Å². The third-order valence-corrected chi connectivity index (χ3v) is 6.71. The van der Waals surface area contributed by atoms with Gasteiger partial charge in [0.2, 0.25) is 0 Å². The van der Waals surface area contributed by atoms with Gasteiger partial charge in [-0.25, -0.2) is 19.9 Å². The van der Waals surface area contributed by atoms with Crippen LogP contribution in [0.1, 0.15) is 30.3 Å². The van der Waals surface area contributed by atoms with Gasteiger partial charge >= 0.3 is 0 Å². The van der Waals surface area contributed by atoms with Crippen LogP contribution in [0, 0.1) is 11.3 Å². The molecule has 1 aliphatic rings. The van der Waals surface area contributed by atoms with Crippen molar-refractivity contribution >= 4 is 22.5 Å². The minimum absolute atomic E-state index is 0.130. The molecule has 10 heteroatoms. The van der Waals surface area contributed by atoms with Gasteiger partial charge in [-0.05, 0) is 31.0 Å². The van der Waals surface area contributed by atoms with Crippen molar-refractivity contribution in [2.75, 3.05) is 17.2 Å². The van der Waals surface area contributed by atoms with Crippen LogP contribution in [0.5, 0.6) is 0 Å². The first-order chi connectivity index (χ1) is 18.1. The summed E-state index contributed by atoms with van der Waals surface area (Å²) in [5.41, 5.74) is 8.77. The van der Waals surface area contributed by atoms with E-state index in [9.17, 15) is 10.1 Å². The van der Waals surface area contributed by atoms with Crippen molar-refractivity contribution in [3.63, 3.8) is 0 Å². The lowest BCUT2D eigenvalue weighted by Gasteiger charge is -2.28. The Labute approximate surface area is 212 Å². The molecule has 2 aromatic carbocycles. The van der Waals surface area contributed by atoms with Gasteiger partial charge in [0, 0.05) is 25.4 Å². The summed E-state index contributed by atoms with van der Waals surface area (Å²) in [5.74, 6) is 1.17. The first-order valence-corrected chi connectivity index (χ1v) is 11.9. The van der Waals surface area contributed by atoms with Crippen molar-refractivity contribution in [1.29, 1.82) is 5.26 Å². The van der Waals surface area contributed by atoms with E-state index in [1.54, 1.807) is 10.9 Å². The summed E-state index contributed by atoms with van der Waals surface area (Å²) in [5, 5.41) is 10.3. The van der Waals surface area contributed by atoms with Crippen molar-refractivity contribution in [2.45, 2.75) is 18.9 Å². The summed E-state index contributed by atoms with van der Waals surface area (Å²) in [6.45, 7) is 0.645. The van der Waals surface area contributed by atoms with Gasteiger partial charge in [-0.15, -0.1) is 0 Å². The molecular formula is C27H23N9O. The molecule has 182 valence electrons. The molecule has 3 aromatic heterocycles. The third-order valence-electron chi connectivity index (χ3n) is 6.71. The van der Waals surface area contributed by atoms with E-state index in [1.165, 1.54) is 6.33 Å². The molecule has 2 N–H and O–H groups in total. The summed E-state index contributed by atoms with van der Waals surface area (Å²) >= 11 is 0. The SMILES string of the molecule is Cn1cnc(-c2cccc3nc([C@@H]4CCCN4c4ncnc(N)c4C#N)n(-c4ccccc4)c(=O)c23)c1. The Morgan fingerprint density at radius 1 is 1.08 bits per heavy atom. The second kappa shape index (κ2) is 8.87. The normalized spacial score (nSPS) is 15.2. The summed E-state index contributed by atoms with van der Waals surface area (Å²) in [4.78, 5) is 34.2. The van der Waals surface area contributed by atoms with Gasteiger partial charge in [0.05, 0.1) is 34.7 Å². The van der Waals surface area contributed by atoms with E-state index in [4.69, 9.17) is 10.7 Å². The van der Waals surface area contributed by atoms with Crippen LogP contribution >= 0.6 is 0 Å². The third kappa shape index (κ3) is 3.68. The molecule has 0 radical (unpaired) electrons. The number of fused-ring (bicyclic) bond motifs is 1. The number of hydrogen-bond acceptors (Lipinski definition) is 8. The lowest BCUT2D eigenvalue weighted by molar-refractivity contribution is 0.632. The van der Waals surface area contributed by atoms with Crippen molar-refractivity contribution in [1.82, 2.24) is 29.1 Å². The maximum absolute atomic E-state index is 14.3. The Morgan fingerprint density at radius 3 is 2.68 bits per heavy atom. The number of rotatable bonds is 4. The van der Waals surface area contributed by atoms with Gasteiger partial charge in [-0.2, -0.15) is 5.26 Å². The second-order valence-electron chi connectivity index (χ2n) is 8.99. The fraction of sp³-hybridized carbons (Fsp3) is 0.185. The highest BCUT2D eigenvalue weighted by atomic mass is 16.1. The Hall–Kier alpha value is -5.04. The number of benzene rings is 2. The Kier molecular flexibility index (Phi) is 5.38. The van der Waals surface area contributed by atoms with Gasteiger partial charge in [0.25, 0.3) is 5.56 Å². The molecule has 0 saturated carbocycles. The van der Waals surface area contributed by atoms with E-state index in [0.29, 0.717) is 40.5 Å². The Balaban J connectivity index is 1.62. The van der Waals surface area contributed by atoms with E-state index in [0.717, 1.165) is 18.4 Å². The zero-order valence-electron chi connectivity index (χ0n) is 20.1. The molecule has 10 nitrogen and oxygen atoms in total. The Bertz CT molecular complexity index is 1730. The van der Waals surface area contributed by atoms with Crippen LogP contribution in [0.3, 0.4) is 0 Å². The number of imidazole rings is 1. The van der Waals surface area contributed by atoms with Crippen molar-refractivity contribution < 1.29 is 0 Å². The molecular weight excluding hydrogens is 466 g/mol. The molecule has 1 saturated heterocycles. The van der Waals surface area contributed by atoms with E-state index in [-0.39, 0.29) is 23.0 Å². The highest BCUT2D eigenvalue weighted by Crippen LogP contribution is 2.38. The molecule has 37 heavy (non-hydrogen) atoms. The van der Waals surface area contributed by atoms with Crippen LogP contribution in [0.15, 0.2) is 72.2 Å². The van der Waals surface area contributed by atoms with Crippen molar-refractivity contribution in [3.05, 3.63) is 89.1 Å². The van der Waals surface area contributed by atoms with Gasteiger partial charge in [0.1, 0.15) is 29.6 Å². The summed E-state index contributed by atoms with van der Waals surface area (Å²) < 4.78 is 3.52. The first kappa shape index (κ1) is 22.4. The van der Waals surface area contributed by atoms with E-state index in [2.05, 4.69) is 21.0 Å². The molecule has 6 rings (SSSR count). The largest absolute Gasteiger partial charge is 0.382 e. The number of aryl methyl sites for hydroxylation is 1. The van der Waals surface area contributed by atoms with Gasteiger partial charge in [-0.3, -0.25) is 9.36 Å². The molecule has 0 aliphatic carbocycles. The average molecular weight is 490 g/mol. The topological polar surface area (TPSA) is 132 Å². The average Bonchev–Trinajstić information content (AvgIpc) is 3.58. The lowest BCUT2D eigenvalue weighted by atomic mass is 10.1. The zero-order valence-corrected chi connectivity index (χ0v) is 20.1. The molecule has 0 bridgehead atoms. The quantitative estimate of drug-likeness (QED) is 0.406. The molecule has 1 atom stereocenters. The smallest absolute Gasteiger partial charge is 0.266 e. The number of nitrogens with zero attached hydrogens (tertiary/aromatic N) is 8. The Morgan fingerprint density at radius 2 is 1.92 bits per heavy atom. The summed E-state index contributed by atoms with van der Waals surface area (Å²) in [6, 6.07) is 17.0. The van der Waals surface area contributed by atoms with E-state index < -0.39 is 0 Å². The molecule has 1 fully saturated rings. The van der Waals surface area contributed by atoms with E-state index >= 15 is 0 Å². The number of nitrogen functional groups attached to an aromatic ring is 1. The fourth-order valence-corrected chi connectivity index (χ4v) is 5.07. The molecule has 0 unspecified atom stereocenters. The molecule has 1 aliphatic heterocycles. The van der Waals surface area contributed by atoms with Crippen LogP contribution in [0.2, 0.25) is 0 Å². The van der Waals surface area contributed by atoms with Crippen LogP contribution in [0.25, 0.3) is 27.8 Å². The number of nitrogens with two attached hydrogens (primary N) is 1. The number of nitriles is 1. The summed E-state index contributed by atoms with van der Waals surface area (Å²) in [6.07, 6.45) is 6.53. The first-order valence-electron chi connectivity index (χ1n) is 11.9. The predicted octanol–water partition coefficient (Wildman–Crippen LogP) is 3.37. The van der Waals surface area contributed by atoms with Crippen molar-refractivity contribution in [2.24, 2.45) is 7.05 Å². The van der Waals surface area contributed by atoms with Crippen LogP contribution in [-0.2, 0) is 7.05 Å². The van der Waals surface area contributed by atoms with Crippen LogP contribution < -0.4 is 16.2 Å². The highest BCUT2D eigenvalue weighted by molar-refractivity contribution is 5.93. The van der Waals surface area contributed by atoms with Gasteiger partial charge < -0.3 is 15.2 Å². The zero-order chi connectivity index (χ0) is 25.5. The minimum atomic E-state index is -0.294. The predicted molar refractivity (Wildman–Crippen MR) is 140 cm³/mol. The maximum Gasteiger partial charge on any atom is 0.266 e. The van der Waals surface area contributed by atoms with Crippen molar-refractivity contribution in [3.8, 4) is 23.0 Å². The van der Waals surface area contributed by atoms with E-state index in [1.807, 2.05) is 71.2 Å². The number of hydrogen-bond donors (Lipinski definition) is 1. The molecule has 4 heterocycles. The molecule has 5 aromatic rings. The standard InChI is InChI=1S/C27H23N9O/c1-34-14-21(32-16-34)18-9-5-10-20-23(18)27(37)36(17-7-3-2-4-8-17)26(33-20)22-11-6-12-35(22)25-19(13-28)24(29)30-15-31-25/h2-5,7-10,14-16,22H,6,11-12H2,1H3,(H2,29,30,31)/t22-/m0/s1. The highest BCUT2D eigenvalue weighted by Gasteiger charge is 2.34. The molecule has 0 amide bonds. The fourth-order valence-electron chi connectivity index (χ4n) is 5.07. The second-order valence-corrected chi connectivity index (χ2v) is 8.99. The van der Waals surface area contributed by atoms with Crippen LogP contribution in [0.4, 0.5) is 11.6 Å². The maximum atomic E-state index is 14.3. The monoisotopic (exact) mass is 489 g/mol. The number of aromatic nitrogens is 6. The van der Waals surface area contributed by atoms with Gasteiger partial charge in [0.15, 0.2) is 5.82 Å². The number of para-hydroxylation sites is 1. The minimum Gasteiger partial charge on any atom is -0.382 e. The molecule has 0 spiro atoms. The number of anilines is 2. The lowest BCUT2D eigenvalue weighted by Crippen LogP contribution is -2.32. The summed E-state index contributed by atoms with van der Waals surface area (Å²) in [7, 11) is 1.89. The van der Waals surface area contributed by atoms with Crippen LogP contribution in [-0.4, -0.2) is 35.6 Å².